The summed E-state index contributed by atoms with van der Waals surface area (Å²) in [6, 6.07) is 15.2. The van der Waals surface area contributed by atoms with Gasteiger partial charge in [-0.1, -0.05) is 36.4 Å². The van der Waals surface area contributed by atoms with Gasteiger partial charge in [0.25, 0.3) is 0 Å². The molecule has 0 unspecified atom stereocenters. The number of hydrogen-bond acceptors (Lipinski definition) is 1. The number of hydrogen-bond donors (Lipinski definition) is 1. The summed E-state index contributed by atoms with van der Waals surface area (Å²) in [7, 11) is 0. The molecule has 2 nitrogen and oxygen atoms in total. The maximum atomic E-state index is 13.5. The summed E-state index contributed by atoms with van der Waals surface area (Å²) < 4.78 is 13.5. The number of benzene rings is 2. The molecule has 90 valence electrons. The Morgan fingerprint density at radius 2 is 1.78 bits per heavy atom. The molecule has 1 aromatic heterocycles. The first-order valence-electron chi connectivity index (χ1n) is 6.00. The van der Waals surface area contributed by atoms with Gasteiger partial charge in [-0.2, -0.15) is 0 Å². The first kappa shape index (κ1) is 11.0. The lowest BCUT2D eigenvalue weighted by Gasteiger charge is -1.97. The highest BCUT2D eigenvalue weighted by atomic mass is 19.1. The standard InChI is InChI=1S/C15H13FN2/c16-12-7-4-8-13-15(12)18-14(17-13)10-9-11-5-2-1-3-6-11/h1-8H,9-10H2,(H,17,18). The van der Waals surface area contributed by atoms with Crippen molar-refractivity contribution in [3.63, 3.8) is 0 Å². The number of aromatic nitrogens is 2. The van der Waals surface area contributed by atoms with E-state index in [0.717, 1.165) is 24.2 Å². The summed E-state index contributed by atoms with van der Waals surface area (Å²) in [5.74, 6) is 0.564. The van der Waals surface area contributed by atoms with E-state index in [1.807, 2.05) is 24.3 Å². The van der Waals surface area contributed by atoms with Crippen LogP contribution in [0.15, 0.2) is 48.5 Å². The molecule has 3 aromatic rings. The minimum absolute atomic E-state index is 0.269. The summed E-state index contributed by atoms with van der Waals surface area (Å²) in [4.78, 5) is 7.45. The summed E-state index contributed by atoms with van der Waals surface area (Å²) in [6.45, 7) is 0. The van der Waals surface area contributed by atoms with Gasteiger partial charge in [-0.25, -0.2) is 9.37 Å². The van der Waals surface area contributed by atoms with Crippen LogP contribution in [-0.2, 0) is 12.8 Å². The van der Waals surface area contributed by atoms with E-state index in [9.17, 15) is 4.39 Å². The lowest BCUT2D eigenvalue weighted by Crippen LogP contribution is -1.92. The second-order valence-electron chi connectivity index (χ2n) is 4.31. The molecule has 18 heavy (non-hydrogen) atoms. The first-order chi connectivity index (χ1) is 8.83. The molecule has 0 amide bonds. The number of nitrogens with zero attached hydrogens (tertiary/aromatic N) is 1. The van der Waals surface area contributed by atoms with Gasteiger partial charge in [-0.05, 0) is 24.1 Å². The van der Waals surface area contributed by atoms with Crippen LogP contribution in [0.5, 0.6) is 0 Å². The third-order valence-electron chi connectivity index (χ3n) is 3.01. The maximum absolute atomic E-state index is 13.5. The quantitative estimate of drug-likeness (QED) is 0.746. The third kappa shape index (κ3) is 2.12. The monoisotopic (exact) mass is 240 g/mol. The van der Waals surface area contributed by atoms with Gasteiger partial charge in [0.05, 0.1) is 5.52 Å². The Hall–Kier alpha value is -2.16. The van der Waals surface area contributed by atoms with E-state index in [-0.39, 0.29) is 5.82 Å². The Morgan fingerprint density at radius 1 is 0.944 bits per heavy atom. The van der Waals surface area contributed by atoms with E-state index in [2.05, 4.69) is 22.1 Å². The molecule has 0 saturated carbocycles. The van der Waals surface area contributed by atoms with Crippen LogP contribution in [0.2, 0.25) is 0 Å². The summed E-state index contributed by atoms with van der Waals surface area (Å²) in [5, 5.41) is 0. The molecule has 1 heterocycles. The van der Waals surface area contributed by atoms with Crippen LogP contribution in [0.1, 0.15) is 11.4 Å². The molecule has 3 rings (SSSR count). The SMILES string of the molecule is Fc1cccc2[nH]c(CCc3ccccc3)nc12. The average molecular weight is 240 g/mol. The number of H-pyrrole nitrogens is 1. The number of halogens is 1. The topological polar surface area (TPSA) is 28.7 Å². The highest BCUT2D eigenvalue weighted by Crippen LogP contribution is 2.15. The molecule has 0 aliphatic rings. The Labute approximate surface area is 104 Å². The van der Waals surface area contributed by atoms with Crippen molar-refractivity contribution in [3.05, 3.63) is 65.7 Å². The van der Waals surface area contributed by atoms with Gasteiger partial charge in [-0.3, -0.25) is 0 Å². The third-order valence-corrected chi connectivity index (χ3v) is 3.01. The minimum atomic E-state index is -0.269. The van der Waals surface area contributed by atoms with E-state index >= 15 is 0 Å². The van der Waals surface area contributed by atoms with Crippen LogP contribution in [-0.4, -0.2) is 9.97 Å². The summed E-state index contributed by atoms with van der Waals surface area (Å²) >= 11 is 0. The van der Waals surface area contributed by atoms with Gasteiger partial charge in [0.15, 0.2) is 5.82 Å². The van der Waals surface area contributed by atoms with E-state index in [0.29, 0.717) is 5.52 Å². The van der Waals surface area contributed by atoms with Crippen molar-refractivity contribution < 1.29 is 4.39 Å². The largest absolute Gasteiger partial charge is 0.342 e. The molecule has 2 aromatic carbocycles. The van der Waals surface area contributed by atoms with Crippen LogP contribution < -0.4 is 0 Å². The normalized spacial score (nSPS) is 10.9. The minimum Gasteiger partial charge on any atom is -0.342 e. The number of nitrogens with one attached hydrogen (secondary N) is 1. The van der Waals surface area contributed by atoms with Crippen molar-refractivity contribution in [2.45, 2.75) is 12.8 Å². The molecular weight excluding hydrogens is 227 g/mol. The van der Waals surface area contributed by atoms with Crippen LogP contribution in [0.25, 0.3) is 11.0 Å². The van der Waals surface area contributed by atoms with Crippen molar-refractivity contribution in [1.82, 2.24) is 9.97 Å². The zero-order chi connectivity index (χ0) is 12.4. The number of para-hydroxylation sites is 1. The second-order valence-corrected chi connectivity index (χ2v) is 4.31. The lowest BCUT2D eigenvalue weighted by atomic mass is 10.1. The fraction of sp³-hybridized carbons (Fsp3) is 0.133. The molecule has 0 radical (unpaired) electrons. The van der Waals surface area contributed by atoms with E-state index in [1.165, 1.54) is 11.6 Å². The fourth-order valence-electron chi connectivity index (χ4n) is 2.07. The van der Waals surface area contributed by atoms with E-state index < -0.39 is 0 Å². The van der Waals surface area contributed by atoms with Gasteiger partial charge in [0, 0.05) is 6.42 Å². The predicted octanol–water partition coefficient (Wildman–Crippen LogP) is 3.49. The van der Waals surface area contributed by atoms with Crippen LogP contribution in [0, 0.1) is 5.82 Å². The van der Waals surface area contributed by atoms with Crippen LogP contribution in [0.4, 0.5) is 4.39 Å². The second kappa shape index (κ2) is 4.61. The van der Waals surface area contributed by atoms with Gasteiger partial charge in [-0.15, -0.1) is 0 Å². The first-order valence-corrected chi connectivity index (χ1v) is 6.00. The smallest absolute Gasteiger partial charge is 0.151 e. The zero-order valence-corrected chi connectivity index (χ0v) is 9.86. The Kier molecular flexibility index (Phi) is 2.81. The molecular formula is C15H13FN2. The van der Waals surface area contributed by atoms with Crippen molar-refractivity contribution >= 4 is 11.0 Å². The van der Waals surface area contributed by atoms with E-state index in [1.54, 1.807) is 6.07 Å². The number of aromatic amines is 1. The number of fused-ring (bicyclic) bond motifs is 1. The van der Waals surface area contributed by atoms with Crippen molar-refractivity contribution in [2.75, 3.05) is 0 Å². The van der Waals surface area contributed by atoms with Gasteiger partial charge < -0.3 is 4.98 Å². The maximum Gasteiger partial charge on any atom is 0.151 e. The number of aryl methyl sites for hydroxylation is 2. The zero-order valence-electron chi connectivity index (χ0n) is 9.86. The van der Waals surface area contributed by atoms with Crippen molar-refractivity contribution in [1.29, 1.82) is 0 Å². The molecule has 0 saturated heterocycles. The molecule has 3 heteroatoms. The van der Waals surface area contributed by atoms with Gasteiger partial charge >= 0.3 is 0 Å². The lowest BCUT2D eigenvalue weighted by molar-refractivity contribution is 0.637. The number of imidazole rings is 1. The highest BCUT2D eigenvalue weighted by molar-refractivity contribution is 5.75. The van der Waals surface area contributed by atoms with Crippen LogP contribution in [0.3, 0.4) is 0 Å². The molecule has 0 atom stereocenters. The Bertz CT molecular complexity index is 659. The predicted molar refractivity (Wildman–Crippen MR) is 69.9 cm³/mol. The summed E-state index contributed by atoms with van der Waals surface area (Å²) in [5.41, 5.74) is 2.46. The summed E-state index contributed by atoms with van der Waals surface area (Å²) in [6.07, 6.45) is 1.69. The fourth-order valence-corrected chi connectivity index (χ4v) is 2.07. The molecule has 0 fully saturated rings. The number of rotatable bonds is 3. The molecule has 0 bridgehead atoms. The van der Waals surface area contributed by atoms with Crippen molar-refractivity contribution in [3.8, 4) is 0 Å². The Morgan fingerprint density at radius 3 is 2.56 bits per heavy atom. The van der Waals surface area contributed by atoms with Crippen LogP contribution >= 0.6 is 0 Å². The highest BCUT2D eigenvalue weighted by Gasteiger charge is 2.06. The van der Waals surface area contributed by atoms with Gasteiger partial charge in [0.2, 0.25) is 0 Å². The van der Waals surface area contributed by atoms with E-state index in [4.69, 9.17) is 0 Å². The molecule has 0 aliphatic carbocycles. The van der Waals surface area contributed by atoms with Gasteiger partial charge in [0.1, 0.15) is 11.3 Å². The van der Waals surface area contributed by atoms with Crippen molar-refractivity contribution in [2.24, 2.45) is 0 Å². The molecule has 0 aliphatic heterocycles. The average Bonchev–Trinajstić information content (AvgIpc) is 2.82. The molecule has 0 spiro atoms. The Balaban J connectivity index is 1.81. The molecule has 1 N–H and O–H groups in total.